The highest BCUT2D eigenvalue weighted by Gasteiger charge is 2.18. The summed E-state index contributed by atoms with van der Waals surface area (Å²) in [4.78, 5) is 0. The third-order valence-corrected chi connectivity index (χ3v) is 3.36. The molecule has 0 N–H and O–H groups in total. The minimum Gasteiger partial charge on any atom is -0.378 e. The fourth-order valence-electron chi connectivity index (χ4n) is 2.44. The first kappa shape index (κ1) is 10.4. The van der Waals surface area contributed by atoms with Crippen molar-refractivity contribution in [2.75, 3.05) is 13.2 Å². The van der Waals surface area contributed by atoms with Gasteiger partial charge in [-0.2, -0.15) is 0 Å². The fourth-order valence-corrected chi connectivity index (χ4v) is 2.44. The van der Waals surface area contributed by atoms with Gasteiger partial charge in [-0.05, 0) is 51.4 Å². The molecule has 0 amide bonds. The Balaban J connectivity index is 1.60. The van der Waals surface area contributed by atoms with Crippen molar-refractivity contribution in [3.63, 3.8) is 0 Å². The summed E-state index contributed by atoms with van der Waals surface area (Å²) >= 11 is 0. The second-order valence-corrected chi connectivity index (χ2v) is 4.55. The van der Waals surface area contributed by atoms with E-state index in [-0.39, 0.29) is 0 Å². The fraction of sp³-hybridized carbons (Fsp3) is 1.00. The smallest absolute Gasteiger partial charge is 0.0576 e. The molecule has 0 radical (unpaired) electrons. The van der Waals surface area contributed by atoms with Crippen molar-refractivity contribution < 1.29 is 9.47 Å². The average molecular weight is 198 g/mol. The zero-order valence-corrected chi connectivity index (χ0v) is 9.04. The average Bonchev–Trinajstić information content (AvgIpc) is 2.29. The summed E-state index contributed by atoms with van der Waals surface area (Å²) in [6, 6.07) is 0. The van der Waals surface area contributed by atoms with Crippen LogP contribution in [0, 0.1) is 0 Å². The highest BCUT2D eigenvalue weighted by molar-refractivity contribution is 4.69. The topological polar surface area (TPSA) is 18.5 Å². The van der Waals surface area contributed by atoms with Crippen molar-refractivity contribution in [1.29, 1.82) is 0 Å². The summed E-state index contributed by atoms with van der Waals surface area (Å²) in [5.74, 6) is 0. The van der Waals surface area contributed by atoms with Gasteiger partial charge >= 0.3 is 0 Å². The molecule has 0 aromatic carbocycles. The second kappa shape index (κ2) is 5.72. The number of hydrogen-bond donors (Lipinski definition) is 0. The molecule has 82 valence electrons. The van der Waals surface area contributed by atoms with Gasteiger partial charge in [-0.15, -0.1) is 0 Å². The third kappa shape index (κ3) is 3.25. The largest absolute Gasteiger partial charge is 0.378 e. The minimum atomic E-state index is 0.536. The van der Waals surface area contributed by atoms with E-state index in [2.05, 4.69) is 0 Å². The molecular weight excluding hydrogens is 176 g/mol. The Morgan fingerprint density at radius 2 is 1.21 bits per heavy atom. The van der Waals surface area contributed by atoms with E-state index in [0.717, 1.165) is 13.2 Å². The predicted molar refractivity (Wildman–Crippen MR) is 56.4 cm³/mol. The van der Waals surface area contributed by atoms with Gasteiger partial charge in [-0.1, -0.05) is 0 Å². The Hall–Kier alpha value is -0.0800. The summed E-state index contributed by atoms with van der Waals surface area (Å²) < 4.78 is 11.4. The lowest BCUT2D eigenvalue weighted by atomic mass is 9.99. The minimum absolute atomic E-state index is 0.536. The van der Waals surface area contributed by atoms with Crippen LogP contribution >= 0.6 is 0 Å². The molecule has 0 unspecified atom stereocenters. The molecule has 2 saturated heterocycles. The van der Waals surface area contributed by atoms with Gasteiger partial charge in [-0.25, -0.2) is 0 Å². The van der Waals surface area contributed by atoms with Crippen molar-refractivity contribution in [3.8, 4) is 0 Å². The van der Waals surface area contributed by atoms with Crippen LogP contribution in [0.2, 0.25) is 0 Å². The van der Waals surface area contributed by atoms with Gasteiger partial charge in [0.15, 0.2) is 0 Å². The van der Waals surface area contributed by atoms with Crippen LogP contribution < -0.4 is 0 Å². The van der Waals surface area contributed by atoms with Gasteiger partial charge < -0.3 is 9.47 Å². The molecule has 0 bridgehead atoms. The first-order valence-electron chi connectivity index (χ1n) is 6.18. The van der Waals surface area contributed by atoms with Crippen molar-refractivity contribution in [3.05, 3.63) is 0 Å². The zero-order valence-electron chi connectivity index (χ0n) is 9.04. The van der Waals surface area contributed by atoms with Crippen LogP contribution in [0.1, 0.15) is 51.4 Å². The predicted octanol–water partition coefficient (Wildman–Crippen LogP) is 2.90. The number of ether oxygens (including phenoxy) is 2. The van der Waals surface area contributed by atoms with Crippen LogP contribution in [-0.2, 0) is 9.47 Å². The third-order valence-electron chi connectivity index (χ3n) is 3.36. The first-order valence-corrected chi connectivity index (χ1v) is 6.18. The van der Waals surface area contributed by atoms with Crippen LogP contribution in [0.3, 0.4) is 0 Å². The van der Waals surface area contributed by atoms with Crippen molar-refractivity contribution in [2.24, 2.45) is 0 Å². The quantitative estimate of drug-likeness (QED) is 0.694. The normalized spacial score (nSPS) is 34.3. The van der Waals surface area contributed by atoms with E-state index in [1.165, 1.54) is 51.4 Å². The maximum Gasteiger partial charge on any atom is 0.0576 e. The molecule has 0 aromatic heterocycles. The zero-order chi connectivity index (χ0) is 9.64. The van der Waals surface area contributed by atoms with Crippen LogP contribution in [-0.4, -0.2) is 25.4 Å². The summed E-state index contributed by atoms with van der Waals surface area (Å²) in [6.07, 6.45) is 11.3. The van der Waals surface area contributed by atoms with Crippen LogP contribution in [0.15, 0.2) is 0 Å². The molecule has 2 atom stereocenters. The van der Waals surface area contributed by atoms with E-state index in [4.69, 9.17) is 9.47 Å². The number of hydrogen-bond acceptors (Lipinski definition) is 2. The monoisotopic (exact) mass is 198 g/mol. The molecule has 0 spiro atoms. The highest BCUT2D eigenvalue weighted by atomic mass is 16.5. The van der Waals surface area contributed by atoms with Gasteiger partial charge in [0.25, 0.3) is 0 Å². The Labute approximate surface area is 87.0 Å². The SMILES string of the molecule is C1CC[C@H](CC[C@@H]2CCCCO2)OC1. The maximum absolute atomic E-state index is 5.71. The van der Waals surface area contributed by atoms with Crippen LogP contribution in [0.4, 0.5) is 0 Å². The van der Waals surface area contributed by atoms with Gasteiger partial charge in [-0.3, -0.25) is 0 Å². The Bertz CT molecular complexity index is 128. The summed E-state index contributed by atoms with van der Waals surface area (Å²) in [5, 5.41) is 0. The molecular formula is C12H22O2. The summed E-state index contributed by atoms with van der Waals surface area (Å²) in [5.41, 5.74) is 0. The summed E-state index contributed by atoms with van der Waals surface area (Å²) in [6.45, 7) is 1.96. The molecule has 2 heterocycles. The van der Waals surface area contributed by atoms with E-state index in [9.17, 15) is 0 Å². The molecule has 0 aliphatic carbocycles. The molecule has 2 aliphatic rings. The standard InChI is InChI=1S/C12H22O2/c1-3-9-13-11(5-1)7-8-12-6-2-4-10-14-12/h11-12H,1-10H2/t11-,12+. The van der Waals surface area contributed by atoms with E-state index >= 15 is 0 Å². The Kier molecular flexibility index (Phi) is 4.26. The van der Waals surface area contributed by atoms with Crippen LogP contribution in [0.5, 0.6) is 0 Å². The highest BCUT2D eigenvalue weighted by Crippen LogP contribution is 2.22. The second-order valence-electron chi connectivity index (χ2n) is 4.55. The molecule has 0 saturated carbocycles. The molecule has 2 rings (SSSR count). The molecule has 2 fully saturated rings. The van der Waals surface area contributed by atoms with E-state index < -0.39 is 0 Å². The summed E-state index contributed by atoms with van der Waals surface area (Å²) in [7, 11) is 0. The van der Waals surface area contributed by atoms with E-state index in [1.54, 1.807) is 0 Å². The lowest BCUT2D eigenvalue weighted by molar-refractivity contribution is -0.0222. The molecule has 0 aromatic rings. The lowest BCUT2D eigenvalue weighted by Gasteiger charge is -2.26. The van der Waals surface area contributed by atoms with Gasteiger partial charge in [0.2, 0.25) is 0 Å². The lowest BCUT2D eigenvalue weighted by Crippen LogP contribution is -2.24. The molecule has 2 nitrogen and oxygen atoms in total. The van der Waals surface area contributed by atoms with Crippen molar-refractivity contribution in [1.82, 2.24) is 0 Å². The van der Waals surface area contributed by atoms with Gasteiger partial charge in [0.05, 0.1) is 12.2 Å². The van der Waals surface area contributed by atoms with E-state index in [1.807, 2.05) is 0 Å². The van der Waals surface area contributed by atoms with Gasteiger partial charge in [0.1, 0.15) is 0 Å². The first-order chi connectivity index (χ1) is 6.95. The Morgan fingerprint density at radius 1 is 0.714 bits per heavy atom. The van der Waals surface area contributed by atoms with Crippen molar-refractivity contribution in [2.45, 2.75) is 63.6 Å². The molecule has 14 heavy (non-hydrogen) atoms. The number of rotatable bonds is 3. The van der Waals surface area contributed by atoms with Crippen molar-refractivity contribution >= 4 is 0 Å². The van der Waals surface area contributed by atoms with E-state index in [0.29, 0.717) is 12.2 Å². The molecule has 2 aliphatic heterocycles. The Morgan fingerprint density at radius 3 is 1.57 bits per heavy atom. The molecule has 2 heteroatoms. The maximum atomic E-state index is 5.71. The van der Waals surface area contributed by atoms with Gasteiger partial charge in [0, 0.05) is 13.2 Å². The van der Waals surface area contributed by atoms with Crippen LogP contribution in [0.25, 0.3) is 0 Å².